The van der Waals surface area contributed by atoms with Crippen LogP contribution in [0.2, 0.25) is 5.15 Å². The molecule has 2 aromatic heterocycles. The Balaban J connectivity index is 1.70. The highest BCUT2D eigenvalue weighted by Gasteiger charge is 2.24. The van der Waals surface area contributed by atoms with Crippen LogP contribution in [-0.4, -0.2) is 39.7 Å². The van der Waals surface area contributed by atoms with Gasteiger partial charge < -0.3 is 4.74 Å². The molecule has 1 saturated heterocycles. The summed E-state index contributed by atoms with van der Waals surface area (Å²) in [6.45, 7) is 5.07. The molecule has 5 nitrogen and oxygen atoms in total. The Kier molecular flexibility index (Phi) is 5.38. The molecule has 0 atom stereocenters. The fraction of sp³-hybridized carbons (Fsp3) is 0.280. The highest BCUT2D eigenvalue weighted by atomic mass is 35.5. The highest BCUT2D eigenvalue weighted by Crippen LogP contribution is 2.35. The summed E-state index contributed by atoms with van der Waals surface area (Å²) in [6.07, 6.45) is 2.49. The largest absolute Gasteiger partial charge is 0.497 e. The first-order valence-electron chi connectivity index (χ1n) is 10.7. The summed E-state index contributed by atoms with van der Waals surface area (Å²) in [5.41, 5.74) is 6.80. The van der Waals surface area contributed by atoms with Crippen LogP contribution < -0.4 is 4.74 Å². The second-order valence-electron chi connectivity index (χ2n) is 8.00. The Morgan fingerprint density at radius 1 is 0.968 bits per heavy atom. The van der Waals surface area contributed by atoms with E-state index >= 15 is 0 Å². The number of aryl methyl sites for hydroxylation is 1. The lowest BCUT2D eigenvalue weighted by molar-refractivity contribution is 0.333. The van der Waals surface area contributed by atoms with Crippen LogP contribution in [-0.2, 0) is 6.54 Å². The third-order valence-electron chi connectivity index (χ3n) is 5.99. The van der Waals surface area contributed by atoms with Gasteiger partial charge in [-0.2, -0.15) is 5.10 Å². The topological polar surface area (TPSA) is 42.7 Å². The maximum atomic E-state index is 6.96. The molecule has 2 aromatic carbocycles. The smallest absolute Gasteiger partial charge is 0.162 e. The van der Waals surface area contributed by atoms with Gasteiger partial charge in [0.25, 0.3) is 0 Å². The summed E-state index contributed by atoms with van der Waals surface area (Å²) in [5.74, 6) is 0.810. The number of nitrogens with zero attached hydrogens (tertiary/aromatic N) is 4. The van der Waals surface area contributed by atoms with Gasteiger partial charge in [-0.05, 0) is 50.6 Å². The van der Waals surface area contributed by atoms with Crippen LogP contribution in [0.3, 0.4) is 0 Å². The average molecular weight is 433 g/mol. The number of rotatable bonds is 5. The van der Waals surface area contributed by atoms with Gasteiger partial charge in [-0.1, -0.05) is 54.1 Å². The third-order valence-corrected chi connectivity index (χ3v) is 6.34. The van der Waals surface area contributed by atoms with Crippen LogP contribution in [0.25, 0.3) is 28.0 Å². The predicted molar refractivity (Wildman–Crippen MR) is 125 cm³/mol. The molecular formula is C25H25ClN4O. The molecule has 6 heteroatoms. The van der Waals surface area contributed by atoms with Crippen molar-refractivity contribution in [1.29, 1.82) is 0 Å². The molecule has 1 fully saturated rings. The molecule has 3 heterocycles. The summed E-state index contributed by atoms with van der Waals surface area (Å²) in [7, 11) is 1.66. The molecule has 0 amide bonds. The van der Waals surface area contributed by atoms with Crippen LogP contribution in [0.4, 0.5) is 0 Å². The summed E-state index contributed by atoms with van der Waals surface area (Å²) >= 11 is 6.96. The van der Waals surface area contributed by atoms with E-state index in [1.54, 1.807) is 7.11 Å². The molecule has 0 bridgehead atoms. The fourth-order valence-corrected chi connectivity index (χ4v) is 4.75. The average Bonchev–Trinajstić information content (AvgIpc) is 3.44. The van der Waals surface area contributed by atoms with Gasteiger partial charge in [0, 0.05) is 23.2 Å². The van der Waals surface area contributed by atoms with E-state index in [4.69, 9.17) is 26.4 Å². The standard InChI is InChI=1S/C25H25ClN4O/c1-17-22(18-10-12-20(31-2)13-11-18)24(26)30-25(27-17)21(16-29-14-6-7-15-29)23(28-30)19-8-4-3-5-9-19/h3-5,8-13H,6-7,14-16H2,1-2H3. The van der Waals surface area contributed by atoms with Crippen molar-refractivity contribution in [2.45, 2.75) is 26.3 Å². The maximum Gasteiger partial charge on any atom is 0.162 e. The Morgan fingerprint density at radius 3 is 2.35 bits per heavy atom. The summed E-state index contributed by atoms with van der Waals surface area (Å²) < 4.78 is 7.10. The minimum absolute atomic E-state index is 0.581. The monoisotopic (exact) mass is 432 g/mol. The molecule has 1 aliphatic heterocycles. The van der Waals surface area contributed by atoms with Crippen LogP contribution in [0.15, 0.2) is 54.6 Å². The third kappa shape index (κ3) is 3.68. The van der Waals surface area contributed by atoms with Crippen LogP contribution >= 0.6 is 11.6 Å². The lowest BCUT2D eigenvalue weighted by atomic mass is 10.1. The molecule has 0 radical (unpaired) electrons. The van der Waals surface area contributed by atoms with Gasteiger partial charge in [0.2, 0.25) is 0 Å². The zero-order chi connectivity index (χ0) is 21.4. The number of methoxy groups -OCH3 is 1. The number of aromatic nitrogens is 3. The Labute approximate surface area is 187 Å². The summed E-state index contributed by atoms with van der Waals surface area (Å²) in [6, 6.07) is 18.2. The zero-order valence-corrected chi connectivity index (χ0v) is 18.6. The summed E-state index contributed by atoms with van der Waals surface area (Å²) in [5, 5.41) is 5.54. The van der Waals surface area contributed by atoms with E-state index in [1.165, 1.54) is 12.8 Å². The van der Waals surface area contributed by atoms with Crippen molar-refractivity contribution < 1.29 is 4.74 Å². The fourth-order valence-electron chi connectivity index (χ4n) is 4.39. The second-order valence-corrected chi connectivity index (χ2v) is 8.36. The van der Waals surface area contributed by atoms with Crippen molar-refractivity contribution >= 4 is 17.2 Å². The van der Waals surface area contributed by atoms with Crippen molar-refractivity contribution in [3.63, 3.8) is 0 Å². The molecule has 158 valence electrons. The number of hydrogen-bond acceptors (Lipinski definition) is 4. The molecule has 1 aliphatic rings. The molecule has 0 spiro atoms. The van der Waals surface area contributed by atoms with Crippen molar-refractivity contribution in [2.24, 2.45) is 0 Å². The minimum Gasteiger partial charge on any atom is -0.497 e. The normalized spacial score (nSPS) is 14.4. The molecule has 0 unspecified atom stereocenters. The van der Waals surface area contributed by atoms with Crippen LogP contribution in [0.1, 0.15) is 24.1 Å². The molecule has 5 rings (SSSR count). The van der Waals surface area contributed by atoms with Gasteiger partial charge in [0.15, 0.2) is 5.65 Å². The number of benzene rings is 2. The van der Waals surface area contributed by atoms with E-state index < -0.39 is 0 Å². The van der Waals surface area contributed by atoms with E-state index in [-0.39, 0.29) is 0 Å². The highest BCUT2D eigenvalue weighted by molar-refractivity contribution is 6.32. The first-order chi connectivity index (χ1) is 15.2. The molecule has 0 aliphatic carbocycles. The Hall–Kier alpha value is -2.89. The van der Waals surface area contributed by atoms with Gasteiger partial charge >= 0.3 is 0 Å². The summed E-state index contributed by atoms with van der Waals surface area (Å²) in [4.78, 5) is 7.48. The Bertz CT molecular complexity index is 1210. The van der Waals surface area contributed by atoms with Crippen molar-refractivity contribution in [2.75, 3.05) is 20.2 Å². The maximum absolute atomic E-state index is 6.96. The van der Waals surface area contributed by atoms with E-state index in [0.717, 1.165) is 64.7 Å². The predicted octanol–water partition coefficient (Wildman–Crippen LogP) is 5.63. The molecule has 0 N–H and O–H groups in total. The van der Waals surface area contributed by atoms with Crippen LogP contribution in [0, 0.1) is 6.92 Å². The number of likely N-dealkylation sites (tertiary alicyclic amines) is 1. The van der Waals surface area contributed by atoms with Crippen molar-refractivity contribution in [1.82, 2.24) is 19.5 Å². The van der Waals surface area contributed by atoms with Crippen molar-refractivity contribution in [3.05, 3.63) is 71.0 Å². The van der Waals surface area contributed by atoms with E-state index in [9.17, 15) is 0 Å². The zero-order valence-electron chi connectivity index (χ0n) is 17.8. The minimum atomic E-state index is 0.581. The van der Waals surface area contributed by atoms with Crippen molar-refractivity contribution in [3.8, 4) is 28.1 Å². The Morgan fingerprint density at radius 2 is 1.68 bits per heavy atom. The van der Waals surface area contributed by atoms with E-state index in [1.807, 2.05) is 53.9 Å². The number of fused-ring (bicyclic) bond motifs is 1. The number of ether oxygens (including phenoxy) is 1. The number of halogens is 1. The van der Waals surface area contributed by atoms with Crippen LogP contribution in [0.5, 0.6) is 5.75 Å². The van der Waals surface area contributed by atoms with Gasteiger partial charge in [0.1, 0.15) is 10.9 Å². The van der Waals surface area contributed by atoms with Gasteiger partial charge in [-0.15, -0.1) is 0 Å². The first-order valence-corrected chi connectivity index (χ1v) is 11.0. The second kappa shape index (κ2) is 8.33. The first kappa shape index (κ1) is 20.0. The lowest BCUT2D eigenvalue weighted by Gasteiger charge is -2.15. The quantitative estimate of drug-likeness (QED) is 0.383. The van der Waals surface area contributed by atoms with Gasteiger partial charge in [-0.3, -0.25) is 4.90 Å². The van der Waals surface area contributed by atoms with Gasteiger partial charge in [-0.25, -0.2) is 9.50 Å². The lowest BCUT2D eigenvalue weighted by Crippen LogP contribution is -2.18. The SMILES string of the molecule is COc1ccc(-c2c(C)nc3c(CN4CCCC4)c(-c4ccccc4)nn3c2Cl)cc1. The van der Waals surface area contributed by atoms with E-state index in [0.29, 0.717) is 5.15 Å². The number of hydrogen-bond donors (Lipinski definition) is 0. The van der Waals surface area contributed by atoms with Gasteiger partial charge in [0.05, 0.1) is 18.5 Å². The molecule has 0 saturated carbocycles. The molecule has 31 heavy (non-hydrogen) atoms. The molecular weight excluding hydrogens is 408 g/mol. The molecule has 4 aromatic rings. The van der Waals surface area contributed by atoms with E-state index in [2.05, 4.69) is 17.0 Å².